The Labute approximate surface area is 210 Å². The highest BCUT2D eigenvalue weighted by atomic mass is 16.5. The summed E-state index contributed by atoms with van der Waals surface area (Å²) >= 11 is 0. The molecule has 0 saturated carbocycles. The van der Waals surface area contributed by atoms with Crippen LogP contribution in [-0.4, -0.2) is 77.2 Å². The number of fused-ring (bicyclic) bond motifs is 3. The van der Waals surface area contributed by atoms with E-state index in [2.05, 4.69) is 10.2 Å². The molecule has 0 aromatic heterocycles. The smallest absolute Gasteiger partial charge is 0.253 e. The maximum Gasteiger partial charge on any atom is 0.253 e. The monoisotopic (exact) mass is 496 g/mol. The molecule has 1 atom stereocenters. The molecule has 36 heavy (non-hydrogen) atoms. The molecule has 2 heterocycles. The third kappa shape index (κ3) is 4.62. The molecule has 4 rings (SSSR count). The molecule has 0 radical (unpaired) electrons. The molecule has 2 aliphatic heterocycles. The van der Waals surface area contributed by atoms with E-state index in [1.165, 1.54) is 31.1 Å². The summed E-state index contributed by atoms with van der Waals surface area (Å²) in [6.45, 7) is 0.558. The van der Waals surface area contributed by atoms with E-state index >= 15 is 0 Å². The van der Waals surface area contributed by atoms with Gasteiger partial charge in [0, 0.05) is 44.0 Å². The predicted molar refractivity (Wildman–Crippen MR) is 137 cm³/mol. The van der Waals surface area contributed by atoms with E-state index in [1.54, 1.807) is 38.4 Å². The number of amides is 3. The first-order valence-electron chi connectivity index (χ1n) is 11.8. The lowest BCUT2D eigenvalue weighted by atomic mass is 9.95. The maximum absolute atomic E-state index is 13.6. The lowest BCUT2D eigenvalue weighted by molar-refractivity contribution is -0.123. The van der Waals surface area contributed by atoms with E-state index in [1.807, 2.05) is 6.07 Å². The van der Waals surface area contributed by atoms with Crippen molar-refractivity contribution >= 4 is 34.8 Å². The van der Waals surface area contributed by atoms with Gasteiger partial charge in [-0.05, 0) is 37.5 Å². The van der Waals surface area contributed by atoms with Crippen LogP contribution < -0.4 is 29.3 Å². The number of benzene rings is 2. The molecule has 1 N–H and O–H groups in total. The Morgan fingerprint density at radius 3 is 2.31 bits per heavy atom. The molecular formula is C26H32N4O6. The Morgan fingerprint density at radius 2 is 1.69 bits per heavy atom. The van der Waals surface area contributed by atoms with Crippen molar-refractivity contribution in [3.8, 4) is 17.2 Å². The van der Waals surface area contributed by atoms with Crippen molar-refractivity contribution < 1.29 is 28.6 Å². The summed E-state index contributed by atoms with van der Waals surface area (Å²) in [5, 5.41) is 2.83. The zero-order chi connectivity index (χ0) is 26.0. The first-order chi connectivity index (χ1) is 17.3. The van der Waals surface area contributed by atoms with E-state index in [4.69, 9.17) is 14.2 Å². The standard InChI is InChI=1S/C26H32N4O6/c1-28(2)25(32)16-9-10-18-20(12-16)30(26(33)19-8-6-7-11-29(18)19)15-23(31)27-17-13-21(34-3)24(36-5)22(14-17)35-4/h9-10,12-14,19H,6-8,11,15H2,1-5H3,(H,27,31). The van der Waals surface area contributed by atoms with Gasteiger partial charge < -0.3 is 29.3 Å². The van der Waals surface area contributed by atoms with Crippen LogP contribution in [-0.2, 0) is 9.59 Å². The van der Waals surface area contributed by atoms with Crippen LogP contribution in [0, 0.1) is 0 Å². The Hall–Kier alpha value is -3.95. The Morgan fingerprint density at radius 1 is 1.00 bits per heavy atom. The number of hydrogen-bond donors (Lipinski definition) is 1. The average molecular weight is 497 g/mol. The molecule has 0 bridgehead atoms. The van der Waals surface area contributed by atoms with E-state index in [9.17, 15) is 14.4 Å². The van der Waals surface area contributed by atoms with Crippen molar-refractivity contribution in [3.63, 3.8) is 0 Å². The summed E-state index contributed by atoms with van der Waals surface area (Å²) in [5.74, 6) is 0.503. The van der Waals surface area contributed by atoms with Crippen LogP contribution in [0.3, 0.4) is 0 Å². The van der Waals surface area contributed by atoms with Gasteiger partial charge in [0.25, 0.3) is 5.91 Å². The van der Waals surface area contributed by atoms with Crippen molar-refractivity contribution in [2.75, 3.05) is 63.6 Å². The lowest BCUT2D eigenvalue weighted by Gasteiger charge is -2.45. The molecular weight excluding hydrogens is 464 g/mol. The van der Waals surface area contributed by atoms with Gasteiger partial charge in [0.05, 0.1) is 32.7 Å². The zero-order valence-electron chi connectivity index (χ0n) is 21.3. The summed E-state index contributed by atoms with van der Waals surface area (Å²) in [6.07, 6.45) is 2.66. The summed E-state index contributed by atoms with van der Waals surface area (Å²) < 4.78 is 16.1. The fourth-order valence-corrected chi connectivity index (χ4v) is 4.81. The maximum atomic E-state index is 13.6. The largest absolute Gasteiger partial charge is 0.493 e. The number of carbonyl (C=O) groups excluding carboxylic acids is 3. The summed E-state index contributed by atoms with van der Waals surface area (Å²) in [7, 11) is 7.85. The molecule has 0 spiro atoms. The first-order valence-corrected chi connectivity index (χ1v) is 11.8. The van der Waals surface area contributed by atoms with Gasteiger partial charge in [0.1, 0.15) is 12.6 Å². The molecule has 0 aliphatic carbocycles. The van der Waals surface area contributed by atoms with Gasteiger partial charge in [0.2, 0.25) is 17.6 Å². The molecule has 3 amide bonds. The second kappa shape index (κ2) is 10.3. The SMILES string of the molecule is COc1cc(NC(=O)CN2C(=O)C3CCCCN3c3ccc(C(=O)N(C)C)cc32)cc(OC)c1OC. The van der Waals surface area contributed by atoms with Crippen LogP contribution in [0.5, 0.6) is 17.2 Å². The molecule has 2 aromatic rings. The third-order valence-electron chi connectivity index (χ3n) is 6.53. The fraction of sp³-hybridized carbons (Fsp3) is 0.423. The number of carbonyl (C=O) groups is 3. The van der Waals surface area contributed by atoms with Crippen molar-refractivity contribution in [2.45, 2.75) is 25.3 Å². The van der Waals surface area contributed by atoms with Crippen LogP contribution in [0.25, 0.3) is 0 Å². The zero-order valence-corrected chi connectivity index (χ0v) is 21.3. The van der Waals surface area contributed by atoms with Gasteiger partial charge >= 0.3 is 0 Å². The average Bonchev–Trinajstić information content (AvgIpc) is 2.89. The highest BCUT2D eigenvalue weighted by molar-refractivity contribution is 6.11. The molecule has 1 fully saturated rings. The van der Waals surface area contributed by atoms with Crippen molar-refractivity contribution in [1.29, 1.82) is 0 Å². The number of nitrogens with one attached hydrogen (secondary N) is 1. The molecule has 1 unspecified atom stereocenters. The molecule has 2 aliphatic rings. The number of hydrogen-bond acceptors (Lipinski definition) is 7. The third-order valence-corrected chi connectivity index (χ3v) is 6.53. The second-order valence-corrected chi connectivity index (χ2v) is 8.99. The number of anilines is 3. The number of piperidine rings is 1. The van der Waals surface area contributed by atoms with Gasteiger partial charge in [-0.25, -0.2) is 0 Å². The molecule has 192 valence electrons. The number of methoxy groups -OCH3 is 3. The molecule has 10 heteroatoms. The minimum Gasteiger partial charge on any atom is -0.493 e. The van der Waals surface area contributed by atoms with Crippen LogP contribution >= 0.6 is 0 Å². The van der Waals surface area contributed by atoms with Crippen molar-refractivity contribution in [3.05, 3.63) is 35.9 Å². The van der Waals surface area contributed by atoms with Crippen molar-refractivity contribution in [1.82, 2.24) is 4.90 Å². The van der Waals surface area contributed by atoms with Crippen LogP contribution in [0.1, 0.15) is 29.6 Å². The topological polar surface area (TPSA) is 101 Å². The van der Waals surface area contributed by atoms with E-state index in [-0.39, 0.29) is 24.4 Å². The minimum absolute atomic E-state index is 0.142. The fourth-order valence-electron chi connectivity index (χ4n) is 4.81. The van der Waals surface area contributed by atoms with Gasteiger partial charge in [-0.1, -0.05) is 0 Å². The van der Waals surface area contributed by atoms with E-state index in [0.717, 1.165) is 31.5 Å². The summed E-state index contributed by atoms with van der Waals surface area (Å²) in [6, 6.07) is 8.28. The summed E-state index contributed by atoms with van der Waals surface area (Å²) in [4.78, 5) is 44.4. The predicted octanol–water partition coefficient (Wildman–Crippen LogP) is 2.76. The normalized spacial score (nSPS) is 16.6. The molecule has 10 nitrogen and oxygen atoms in total. The molecule has 2 aromatic carbocycles. The van der Waals surface area contributed by atoms with Gasteiger partial charge in [-0.15, -0.1) is 0 Å². The van der Waals surface area contributed by atoms with Crippen LogP contribution in [0.15, 0.2) is 30.3 Å². The Balaban J connectivity index is 1.66. The van der Waals surface area contributed by atoms with Gasteiger partial charge in [0.15, 0.2) is 11.5 Å². The second-order valence-electron chi connectivity index (χ2n) is 8.99. The highest BCUT2D eigenvalue weighted by Crippen LogP contribution is 2.41. The first kappa shape index (κ1) is 25.2. The van der Waals surface area contributed by atoms with E-state index < -0.39 is 5.91 Å². The number of nitrogens with zero attached hydrogens (tertiary/aromatic N) is 3. The van der Waals surface area contributed by atoms with Gasteiger partial charge in [-0.2, -0.15) is 0 Å². The summed E-state index contributed by atoms with van der Waals surface area (Å²) in [5.41, 5.74) is 2.31. The van der Waals surface area contributed by atoms with Crippen molar-refractivity contribution in [2.24, 2.45) is 0 Å². The Kier molecular flexibility index (Phi) is 7.23. The van der Waals surface area contributed by atoms with Crippen LogP contribution in [0.4, 0.5) is 17.1 Å². The minimum atomic E-state index is -0.392. The number of rotatable bonds is 7. The lowest BCUT2D eigenvalue weighted by Crippen LogP contribution is -2.56. The van der Waals surface area contributed by atoms with E-state index in [0.29, 0.717) is 34.2 Å². The number of ether oxygens (including phenoxy) is 3. The quantitative estimate of drug-likeness (QED) is 0.629. The highest BCUT2D eigenvalue weighted by Gasteiger charge is 2.40. The van der Waals surface area contributed by atoms with Gasteiger partial charge in [-0.3, -0.25) is 19.3 Å². The van der Waals surface area contributed by atoms with Crippen LogP contribution in [0.2, 0.25) is 0 Å². The Bertz CT molecular complexity index is 1160. The molecule has 1 saturated heterocycles.